The third kappa shape index (κ3) is 4.31. The van der Waals surface area contributed by atoms with Crippen molar-refractivity contribution in [1.29, 1.82) is 0 Å². The summed E-state index contributed by atoms with van der Waals surface area (Å²) < 4.78 is 0. The lowest BCUT2D eigenvalue weighted by atomic mass is 9.89. The number of aryl methyl sites for hydroxylation is 1. The number of hydrogen-bond acceptors (Lipinski definition) is 2. The van der Waals surface area contributed by atoms with Crippen molar-refractivity contribution in [2.45, 2.75) is 52.6 Å². The number of carbonyl (C=O) groups is 1. The molecule has 21 heavy (non-hydrogen) atoms. The van der Waals surface area contributed by atoms with E-state index >= 15 is 0 Å². The number of rotatable bonds is 5. The zero-order valence-electron chi connectivity index (χ0n) is 13.6. The second-order valence-corrected chi connectivity index (χ2v) is 6.08. The van der Waals surface area contributed by atoms with Gasteiger partial charge in [-0.1, -0.05) is 44.5 Å². The van der Waals surface area contributed by atoms with Crippen LogP contribution in [0.1, 0.15) is 44.7 Å². The quantitative estimate of drug-likeness (QED) is 0.903. The summed E-state index contributed by atoms with van der Waals surface area (Å²) in [7, 11) is 0. The monoisotopic (exact) mass is 288 g/mol. The minimum absolute atomic E-state index is 0.210. The van der Waals surface area contributed by atoms with Crippen LogP contribution >= 0.6 is 0 Å². The highest BCUT2D eigenvalue weighted by atomic mass is 16.2. The highest BCUT2D eigenvalue weighted by Crippen LogP contribution is 2.21. The topological polar surface area (TPSA) is 32.3 Å². The van der Waals surface area contributed by atoms with Crippen LogP contribution in [0.15, 0.2) is 24.3 Å². The summed E-state index contributed by atoms with van der Waals surface area (Å²) in [6.07, 6.45) is 3.27. The van der Waals surface area contributed by atoms with Crippen molar-refractivity contribution in [1.82, 2.24) is 10.2 Å². The molecule has 1 amide bonds. The number of carbonyl (C=O) groups excluding carboxylic acids is 1. The fourth-order valence-electron chi connectivity index (χ4n) is 3.14. The molecule has 2 rings (SSSR count). The Balaban J connectivity index is 1.88. The lowest BCUT2D eigenvalue weighted by molar-refractivity contribution is -0.131. The summed E-state index contributed by atoms with van der Waals surface area (Å²) in [5, 5.41) is 3.70. The predicted octanol–water partition coefficient (Wildman–Crippen LogP) is 2.99. The predicted molar refractivity (Wildman–Crippen MR) is 87.1 cm³/mol. The van der Waals surface area contributed by atoms with E-state index < -0.39 is 0 Å². The first-order chi connectivity index (χ1) is 10.1. The lowest BCUT2D eigenvalue weighted by Gasteiger charge is -2.38. The maximum Gasteiger partial charge on any atom is 0.219 e. The van der Waals surface area contributed by atoms with Crippen LogP contribution < -0.4 is 5.32 Å². The summed E-state index contributed by atoms with van der Waals surface area (Å²) in [6, 6.07) is 9.39. The molecule has 2 atom stereocenters. The molecule has 1 heterocycles. The maximum atomic E-state index is 11.5. The molecule has 0 aromatic heterocycles. The van der Waals surface area contributed by atoms with Gasteiger partial charge in [0, 0.05) is 32.6 Å². The first kappa shape index (κ1) is 16.0. The molecule has 0 aliphatic carbocycles. The molecular weight excluding hydrogens is 260 g/mol. The molecule has 3 nitrogen and oxygen atoms in total. The van der Waals surface area contributed by atoms with Crippen LogP contribution in [0.25, 0.3) is 0 Å². The number of piperidine rings is 1. The molecule has 1 fully saturated rings. The van der Waals surface area contributed by atoms with E-state index in [1.807, 2.05) is 4.90 Å². The van der Waals surface area contributed by atoms with Gasteiger partial charge in [-0.05, 0) is 29.9 Å². The van der Waals surface area contributed by atoms with Gasteiger partial charge in [-0.3, -0.25) is 4.79 Å². The molecule has 2 unspecified atom stereocenters. The zero-order chi connectivity index (χ0) is 15.2. The van der Waals surface area contributed by atoms with Crippen molar-refractivity contribution in [3.63, 3.8) is 0 Å². The standard InChI is InChI=1S/C18H28N2O/c1-4-15-6-8-16(9-7-15)12-19-18-10-11-20(14(3)21)13-17(18)5-2/h6-9,17-19H,4-5,10-13H2,1-3H3. The molecular formula is C18H28N2O. The Kier molecular flexibility index (Phi) is 5.80. The molecule has 1 N–H and O–H groups in total. The average molecular weight is 288 g/mol. The highest BCUT2D eigenvalue weighted by Gasteiger charge is 2.28. The van der Waals surface area contributed by atoms with Crippen molar-refractivity contribution < 1.29 is 4.79 Å². The smallest absolute Gasteiger partial charge is 0.219 e. The summed E-state index contributed by atoms with van der Waals surface area (Å²) >= 11 is 0. The fourth-order valence-corrected chi connectivity index (χ4v) is 3.14. The second-order valence-electron chi connectivity index (χ2n) is 6.08. The molecule has 1 saturated heterocycles. The molecule has 116 valence electrons. The van der Waals surface area contributed by atoms with E-state index in [2.05, 4.69) is 43.4 Å². The van der Waals surface area contributed by atoms with E-state index in [0.29, 0.717) is 12.0 Å². The molecule has 1 aromatic rings. The first-order valence-corrected chi connectivity index (χ1v) is 8.20. The van der Waals surface area contributed by atoms with Gasteiger partial charge in [0.2, 0.25) is 5.91 Å². The number of nitrogens with zero attached hydrogens (tertiary/aromatic N) is 1. The third-order valence-electron chi connectivity index (χ3n) is 4.70. The minimum Gasteiger partial charge on any atom is -0.343 e. The van der Waals surface area contributed by atoms with Crippen molar-refractivity contribution in [2.24, 2.45) is 5.92 Å². The van der Waals surface area contributed by atoms with Crippen LogP contribution in [-0.4, -0.2) is 29.9 Å². The Bertz CT molecular complexity index is 455. The van der Waals surface area contributed by atoms with Crippen LogP contribution in [0.2, 0.25) is 0 Å². The van der Waals surface area contributed by atoms with Crippen molar-refractivity contribution in [2.75, 3.05) is 13.1 Å². The van der Waals surface area contributed by atoms with Gasteiger partial charge in [-0.2, -0.15) is 0 Å². The zero-order valence-corrected chi connectivity index (χ0v) is 13.6. The Morgan fingerprint density at radius 3 is 2.48 bits per heavy atom. The molecule has 3 heteroatoms. The highest BCUT2D eigenvalue weighted by molar-refractivity contribution is 5.73. The summed E-state index contributed by atoms with van der Waals surface area (Å²) in [5.74, 6) is 0.777. The first-order valence-electron chi connectivity index (χ1n) is 8.20. The van der Waals surface area contributed by atoms with Gasteiger partial charge in [-0.15, -0.1) is 0 Å². The van der Waals surface area contributed by atoms with Gasteiger partial charge in [-0.25, -0.2) is 0 Å². The molecule has 0 bridgehead atoms. The number of amides is 1. The van der Waals surface area contributed by atoms with Gasteiger partial charge in [0.15, 0.2) is 0 Å². The van der Waals surface area contributed by atoms with E-state index in [1.165, 1.54) is 11.1 Å². The van der Waals surface area contributed by atoms with E-state index in [-0.39, 0.29) is 5.91 Å². The lowest BCUT2D eigenvalue weighted by Crippen LogP contribution is -2.50. The van der Waals surface area contributed by atoms with Gasteiger partial charge >= 0.3 is 0 Å². The van der Waals surface area contributed by atoms with E-state index in [1.54, 1.807) is 6.92 Å². The van der Waals surface area contributed by atoms with E-state index in [4.69, 9.17) is 0 Å². The Morgan fingerprint density at radius 1 is 1.24 bits per heavy atom. The number of hydrogen-bond donors (Lipinski definition) is 1. The van der Waals surface area contributed by atoms with Crippen LogP contribution in [0, 0.1) is 5.92 Å². The molecule has 1 aliphatic rings. The van der Waals surface area contributed by atoms with Crippen LogP contribution in [0.5, 0.6) is 0 Å². The van der Waals surface area contributed by atoms with Crippen LogP contribution in [0.3, 0.4) is 0 Å². The Labute approximate surface area is 128 Å². The van der Waals surface area contributed by atoms with E-state index in [9.17, 15) is 4.79 Å². The van der Waals surface area contributed by atoms with Crippen LogP contribution in [-0.2, 0) is 17.8 Å². The fraction of sp³-hybridized carbons (Fsp3) is 0.611. The Morgan fingerprint density at radius 2 is 1.90 bits per heavy atom. The van der Waals surface area contributed by atoms with Gasteiger partial charge < -0.3 is 10.2 Å². The van der Waals surface area contributed by atoms with Gasteiger partial charge in [0.25, 0.3) is 0 Å². The van der Waals surface area contributed by atoms with Gasteiger partial charge in [0.1, 0.15) is 0 Å². The van der Waals surface area contributed by atoms with Crippen molar-refractivity contribution >= 4 is 5.91 Å². The summed E-state index contributed by atoms with van der Waals surface area (Å²) in [6.45, 7) is 8.79. The summed E-state index contributed by atoms with van der Waals surface area (Å²) in [4.78, 5) is 13.5. The van der Waals surface area contributed by atoms with Crippen LogP contribution in [0.4, 0.5) is 0 Å². The summed E-state index contributed by atoms with van der Waals surface area (Å²) in [5.41, 5.74) is 2.73. The van der Waals surface area contributed by atoms with Crippen molar-refractivity contribution in [3.05, 3.63) is 35.4 Å². The number of nitrogens with one attached hydrogen (secondary N) is 1. The third-order valence-corrected chi connectivity index (χ3v) is 4.70. The van der Waals surface area contributed by atoms with Crippen molar-refractivity contribution in [3.8, 4) is 0 Å². The minimum atomic E-state index is 0.210. The molecule has 1 aliphatic heterocycles. The second kappa shape index (κ2) is 7.60. The molecule has 0 spiro atoms. The normalized spacial score (nSPS) is 22.3. The molecule has 0 radical (unpaired) electrons. The Hall–Kier alpha value is -1.35. The van der Waals surface area contributed by atoms with E-state index in [0.717, 1.165) is 38.9 Å². The van der Waals surface area contributed by atoms with Gasteiger partial charge in [0.05, 0.1) is 0 Å². The molecule has 1 aromatic carbocycles. The maximum absolute atomic E-state index is 11.5. The number of benzene rings is 1. The number of likely N-dealkylation sites (tertiary alicyclic amines) is 1. The average Bonchev–Trinajstić information content (AvgIpc) is 2.53. The molecule has 0 saturated carbocycles. The largest absolute Gasteiger partial charge is 0.343 e. The SMILES string of the molecule is CCc1ccc(CNC2CCN(C(C)=O)CC2CC)cc1.